The highest BCUT2D eigenvalue weighted by molar-refractivity contribution is 7.99. The fraction of sp³-hybridized carbons (Fsp3) is 0.594. The van der Waals surface area contributed by atoms with E-state index in [2.05, 4.69) is 42.6 Å². The van der Waals surface area contributed by atoms with E-state index in [0.717, 1.165) is 24.8 Å². The van der Waals surface area contributed by atoms with Crippen molar-refractivity contribution < 1.29 is 19.4 Å². The highest BCUT2D eigenvalue weighted by Gasteiger charge is 2.68. The number of ether oxygens (including phenoxy) is 1. The van der Waals surface area contributed by atoms with Crippen LogP contribution in [0.3, 0.4) is 0 Å². The van der Waals surface area contributed by atoms with Crippen molar-refractivity contribution in [2.45, 2.75) is 84.1 Å². The maximum atomic E-state index is 13.6. The average molecular weight is 613 g/mol. The molecule has 0 saturated heterocycles. The van der Waals surface area contributed by atoms with Gasteiger partial charge in [0.25, 0.3) is 0 Å². The van der Waals surface area contributed by atoms with Crippen molar-refractivity contribution in [1.29, 1.82) is 0 Å². The molecule has 3 aliphatic carbocycles. The lowest BCUT2D eigenvalue weighted by Crippen LogP contribution is -2.63. The summed E-state index contributed by atoms with van der Waals surface area (Å²) in [7, 11) is 0. The van der Waals surface area contributed by atoms with Gasteiger partial charge in [0.2, 0.25) is 5.16 Å². The summed E-state index contributed by atoms with van der Waals surface area (Å²) < 4.78 is 7.92. The molecule has 5 rings (SSSR count). The van der Waals surface area contributed by atoms with Gasteiger partial charge in [-0.15, -0.1) is 16.8 Å². The molecule has 1 aromatic carbocycles. The quantitative estimate of drug-likeness (QED) is 0.174. The molecule has 0 radical (unpaired) electrons. The van der Waals surface area contributed by atoms with Gasteiger partial charge in [-0.25, -0.2) is 0 Å². The number of halogens is 1. The Kier molecular flexibility index (Phi) is 8.51. The van der Waals surface area contributed by atoms with Crippen LogP contribution >= 0.6 is 23.4 Å². The highest BCUT2D eigenvalue weighted by atomic mass is 35.5. The molecule has 0 unspecified atom stereocenters. The largest absolute Gasteiger partial charge is 0.461 e. The van der Waals surface area contributed by atoms with E-state index in [1.54, 1.807) is 23.9 Å². The van der Waals surface area contributed by atoms with E-state index in [9.17, 15) is 14.7 Å². The van der Waals surface area contributed by atoms with Crippen molar-refractivity contribution in [3.63, 3.8) is 0 Å². The van der Waals surface area contributed by atoms with Crippen LogP contribution in [0.15, 0.2) is 47.2 Å². The van der Waals surface area contributed by atoms with Crippen LogP contribution in [0.25, 0.3) is 0 Å². The summed E-state index contributed by atoms with van der Waals surface area (Å²) in [6, 6.07) is 7.37. The van der Waals surface area contributed by atoms with Crippen LogP contribution in [0.5, 0.6) is 0 Å². The first kappa shape index (κ1) is 31.0. The molecule has 0 spiro atoms. The van der Waals surface area contributed by atoms with Crippen LogP contribution in [0.4, 0.5) is 0 Å². The molecular weight excluding hydrogens is 572 g/mol. The van der Waals surface area contributed by atoms with Crippen LogP contribution in [-0.4, -0.2) is 55.9 Å². The molecule has 3 saturated carbocycles. The number of benzene rings is 1. The third-order valence-corrected chi connectivity index (χ3v) is 12.1. The Morgan fingerprint density at radius 1 is 1.29 bits per heavy atom. The third kappa shape index (κ3) is 5.05. The zero-order valence-corrected chi connectivity index (χ0v) is 26.6. The van der Waals surface area contributed by atoms with Crippen LogP contribution < -0.4 is 0 Å². The predicted octanol–water partition coefficient (Wildman–Crippen LogP) is 6.12. The van der Waals surface area contributed by atoms with Crippen molar-refractivity contribution in [1.82, 2.24) is 14.9 Å². The number of carbonyl (C=O) groups excluding carboxylic acids is 2. The number of rotatable bonds is 7. The SMILES string of the molecule is C=C[C@]1(C)C[C@@H](OC(=O)CSc2nnc(C)n2/N=C/c2ccccc2Cl)[C@]2(C)[C@H](C)CC[C@]3(CCC(=O)[C@H]32)[C@@H](C)[C@@H]1O. The lowest BCUT2D eigenvalue weighted by atomic mass is 9.44. The van der Waals surface area contributed by atoms with E-state index in [0.29, 0.717) is 28.8 Å². The fourth-order valence-electron chi connectivity index (χ4n) is 8.08. The molecule has 1 N–H and O–H groups in total. The van der Waals surface area contributed by atoms with E-state index >= 15 is 0 Å². The van der Waals surface area contributed by atoms with Gasteiger partial charge in [0.1, 0.15) is 11.9 Å². The van der Waals surface area contributed by atoms with E-state index < -0.39 is 29.0 Å². The van der Waals surface area contributed by atoms with E-state index in [4.69, 9.17) is 16.3 Å². The molecule has 1 aromatic heterocycles. The monoisotopic (exact) mass is 612 g/mol. The number of nitrogens with zero attached hydrogens (tertiary/aromatic N) is 4. The van der Waals surface area contributed by atoms with Gasteiger partial charge in [0.05, 0.1) is 18.1 Å². The van der Waals surface area contributed by atoms with Crippen molar-refractivity contribution >= 4 is 41.3 Å². The number of hydrogen-bond donors (Lipinski definition) is 1. The number of hydrogen-bond acceptors (Lipinski definition) is 8. The zero-order valence-electron chi connectivity index (χ0n) is 25.0. The van der Waals surface area contributed by atoms with Gasteiger partial charge in [-0.2, -0.15) is 9.78 Å². The molecule has 1 heterocycles. The summed E-state index contributed by atoms with van der Waals surface area (Å²) in [5.41, 5.74) is -0.790. The summed E-state index contributed by atoms with van der Waals surface area (Å²) in [5, 5.41) is 25.6. The topological polar surface area (TPSA) is 107 Å². The number of aliphatic hydroxyl groups is 1. The maximum absolute atomic E-state index is 13.6. The number of aromatic nitrogens is 3. The minimum atomic E-state index is -0.700. The van der Waals surface area contributed by atoms with Crippen LogP contribution in [0, 0.1) is 40.9 Å². The molecule has 42 heavy (non-hydrogen) atoms. The summed E-state index contributed by atoms with van der Waals surface area (Å²) in [4.78, 5) is 27.1. The molecule has 2 bridgehead atoms. The lowest BCUT2D eigenvalue weighted by molar-refractivity contribution is -0.205. The molecule has 2 aromatic rings. The van der Waals surface area contributed by atoms with Gasteiger partial charge in [-0.3, -0.25) is 9.59 Å². The molecule has 8 atom stereocenters. The molecule has 10 heteroatoms. The number of aliphatic hydroxyl groups excluding tert-OH is 1. The van der Waals surface area contributed by atoms with Crippen LogP contribution in [0.2, 0.25) is 5.02 Å². The van der Waals surface area contributed by atoms with Gasteiger partial charge in [-0.1, -0.05) is 75.3 Å². The number of thioether (sulfide) groups is 1. The Bertz CT molecular complexity index is 1410. The van der Waals surface area contributed by atoms with Gasteiger partial charge in [0.15, 0.2) is 5.82 Å². The van der Waals surface area contributed by atoms with Crippen molar-refractivity contribution in [2.24, 2.45) is 39.1 Å². The highest BCUT2D eigenvalue weighted by Crippen LogP contribution is 2.68. The van der Waals surface area contributed by atoms with E-state index in [1.807, 2.05) is 31.2 Å². The smallest absolute Gasteiger partial charge is 0.316 e. The maximum Gasteiger partial charge on any atom is 0.316 e. The van der Waals surface area contributed by atoms with Gasteiger partial charge >= 0.3 is 5.97 Å². The second-order valence-electron chi connectivity index (χ2n) is 13.0. The fourth-order valence-corrected chi connectivity index (χ4v) is 8.98. The predicted molar refractivity (Wildman–Crippen MR) is 165 cm³/mol. The first-order valence-corrected chi connectivity index (χ1v) is 16.1. The number of carbonyl (C=O) groups is 2. The Hall–Kier alpha value is -2.49. The molecular formula is C32H41ClN4O4S. The van der Waals surface area contributed by atoms with E-state index in [1.165, 1.54) is 11.8 Å². The minimum Gasteiger partial charge on any atom is -0.461 e. The molecule has 226 valence electrons. The second kappa shape index (κ2) is 11.5. The van der Waals surface area contributed by atoms with Crippen LogP contribution in [-0.2, 0) is 14.3 Å². The number of ketones is 1. The van der Waals surface area contributed by atoms with Gasteiger partial charge < -0.3 is 9.84 Å². The number of aryl methyl sites for hydroxylation is 1. The number of Topliss-reactive ketones (excluding diaryl/α,β-unsaturated/α-hetero) is 1. The Labute approximate surface area is 257 Å². The van der Waals surface area contributed by atoms with Crippen molar-refractivity contribution in [3.8, 4) is 0 Å². The summed E-state index contributed by atoms with van der Waals surface area (Å²) in [6.45, 7) is 14.3. The summed E-state index contributed by atoms with van der Waals surface area (Å²) in [5.74, 6) is 0.231. The van der Waals surface area contributed by atoms with Crippen molar-refractivity contribution in [3.05, 3.63) is 53.3 Å². The third-order valence-electron chi connectivity index (χ3n) is 10.9. The first-order valence-electron chi connectivity index (χ1n) is 14.7. The number of esters is 1. The van der Waals surface area contributed by atoms with Crippen molar-refractivity contribution in [2.75, 3.05) is 5.75 Å². The lowest BCUT2D eigenvalue weighted by Gasteiger charge is -2.61. The Morgan fingerprint density at radius 3 is 2.74 bits per heavy atom. The standard InChI is InChI=1S/C32H41ClN4O4S/c1-7-30(5)16-25(31(6)19(2)12-14-32(20(3)28(30)40)15-13-24(38)27(31)32)41-26(39)18-42-29-36-35-21(4)37(29)34-17-22-10-8-9-11-23(22)33/h7-11,17,19-20,25,27-28,40H,1,12-16,18H2,2-6H3/b34-17+/t19-,20+,25-,27+,28+,30-,31+,32+/m1/s1. The minimum absolute atomic E-state index is 0.00573. The molecule has 3 aliphatic rings. The van der Waals surface area contributed by atoms with Gasteiger partial charge in [0, 0.05) is 33.8 Å². The molecule has 3 fully saturated rings. The Balaban J connectivity index is 1.40. The van der Waals surface area contributed by atoms with Gasteiger partial charge in [-0.05, 0) is 55.9 Å². The first-order chi connectivity index (χ1) is 19.9. The molecule has 0 amide bonds. The normalized spacial score (nSPS) is 36.4. The second-order valence-corrected chi connectivity index (χ2v) is 14.3. The summed E-state index contributed by atoms with van der Waals surface area (Å²) >= 11 is 7.46. The zero-order chi connectivity index (χ0) is 30.4. The molecule has 0 aliphatic heterocycles. The average Bonchev–Trinajstić information content (AvgIpc) is 3.51. The van der Waals surface area contributed by atoms with Crippen LogP contribution in [0.1, 0.15) is 71.2 Å². The summed E-state index contributed by atoms with van der Waals surface area (Å²) in [6.07, 6.45) is 5.68. The Morgan fingerprint density at radius 2 is 2.02 bits per heavy atom. The molecule has 8 nitrogen and oxygen atoms in total. The van der Waals surface area contributed by atoms with E-state index in [-0.39, 0.29) is 34.7 Å².